The fourth-order valence-electron chi connectivity index (χ4n) is 1.78. The first-order valence-corrected chi connectivity index (χ1v) is 4.82. The van der Waals surface area contributed by atoms with Crippen molar-refractivity contribution in [1.82, 2.24) is 19.2 Å². The Hall–Kier alpha value is -1.85. The fourth-order valence-corrected chi connectivity index (χ4v) is 1.78. The van der Waals surface area contributed by atoms with Crippen LogP contribution in [0.1, 0.15) is 35.1 Å². The average Bonchev–Trinajstić information content (AvgIpc) is 2.85. The van der Waals surface area contributed by atoms with Gasteiger partial charge in [-0.15, -0.1) is 0 Å². The number of aryl methyl sites for hydroxylation is 1. The van der Waals surface area contributed by atoms with Crippen LogP contribution in [0.4, 0.5) is 0 Å². The van der Waals surface area contributed by atoms with Gasteiger partial charge in [-0.25, -0.2) is 9.78 Å². The van der Waals surface area contributed by atoms with Crippen LogP contribution in [0.15, 0.2) is 6.20 Å². The number of hydrogen-bond donors (Lipinski definition) is 1. The van der Waals surface area contributed by atoms with Crippen LogP contribution < -0.4 is 0 Å². The molecule has 2 aromatic rings. The molecule has 1 saturated carbocycles. The minimum Gasteiger partial charge on any atom is -0.476 e. The van der Waals surface area contributed by atoms with Crippen molar-refractivity contribution >= 4 is 11.7 Å². The lowest BCUT2D eigenvalue weighted by Gasteiger charge is -1.94. The molecule has 0 radical (unpaired) electrons. The van der Waals surface area contributed by atoms with Gasteiger partial charge in [0.05, 0.1) is 6.20 Å². The van der Waals surface area contributed by atoms with Crippen molar-refractivity contribution in [3.8, 4) is 0 Å². The molecule has 1 N–H and O–H groups in total. The number of aromatic nitrogens is 4. The van der Waals surface area contributed by atoms with Gasteiger partial charge in [0.1, 0.15) is 5.82 Å². The first-order valence-electron chi connectivity index (χ1n) is 4.82. The van der Waals surface area contributed by atoms with Crippen molar-refractivity contribution < 1.29 is 9.90 Å². The molecule has 0 atom stereocenters. The van der Waals surface area contributed by atoms with Gasteiger partial charge in [-0.05, 0) is 12.8 Å². The molecule has 6 nitrogen and oxygen atoms in total. The molecule has 0 aromatic carbocycles. The van der Waals surface area contributed by atoms with E-state index in [1.807, 2.05) is 11.6 Å². The van der Waals surface area contributed by atoms with Crippen LogP contribution in [0.5, 0.6) is 0 Å². The molecule has 0 amide bonds. The Morgan fingerprint density at radius 1 is 1.60 bits per heavy atom. The van der Waals surface area contributed by atoms with Crippen LogP contribution in [-0.4, -0.2) is 30.2 Å². The third-order valence-electron chi connectivity index (χ3n) is 2.73. The molecule has 78 valence electrons. The minimum absolute atomic E-state index is 0.118. The summed E-state index contributed by atoms with van der Waals surface area (Å²) in [5, 5.41) is 13.2. The highest BCUT2D eigenvalue weighted by molar-refractivity contribution is 5.86. The molecular weight excluding hydrogens is 196 g/mol. The van der Waals surface area contributed by atoms with Gasteiger partial charge in [-0.3, -0.25) is 4.57 Å². The Morgan fingerprint density at radius 2 is 2.33 bits per heavy atom. The van der Waals surface area contributed by atoms with Crippen LogP contribution in [0.25, 0.3) is 5.78 Å². The largest absolute Gasteiger partial charge is 0.476 e. The van der Waals surface area contributed by atoms with E-state index in [2.05, 4.69) is 10.1 Å². The number of hydrogen-bond acceptors (Lipinski definition) is 3. The summed E-state index contributed by atoms with van der Waals surface area (Å²) in [6.45, 7) is 0. The van der Waals surface area contributed by atoms with Gasteiger partial charge in [0, 0.05) is 13.0 Å². The highest BCUT2D eigenvalue weighted by Crippen LogP contribution is 2.39. The molecular formula is C9H10N4O2. The monoisotopic (exact) mass is 206 g/mol. The smallest absolute Gasteiger partial charge is 0.356 e. The van der Waals surface area contributed by atoms with E-state index in [0.29, 0.717) is 11.7 Å². The van der Waals surface area contributed by atoms with Gasteiger partial charge in [0.15, 0.2) is 5.69 Å². The number of carbonyl (C=O) groups is 1. The van der Waals surface area contributed by atoms with Crippen LogP contribution in [0.2, 0.25) is 0 Å². The molecule has 2 heterocycles. The summed E-state index contributed by atoms with van der Waals surface area (Å²) in [4.78, 5) is 14.9. The maximum absolute atomic E-state index is 10.9. The molecule has 2 aromatic heterocycles. The Kier molecular flexibility index (Phi) is 1.46. The van der Waals surface area contributed by atoms with Crippen LogP contribution in [-0.2, 0) is 7.05 Å². The lowest BCUT2D eigenvalue weighted by Crippen LogP contribution is -2.02. The number of imidazole rings is 1. The lowest BCUT2D eigenvalue weighted by atomic mass is 10.4. The van der Waals surface area contributed by atoms with Gasteiger partial charge in [-0.2, -0.15) is 9.61 Å². The molecule has 6 heteroatoms. The summed E-state index contributed by atoms with van der Waals surface area (Å²) in [6.07, 6.45) is 3.61. The minimum atomic E-state index is -0.997. The molecule has 3 rings (SSSR count). The van der Waals surface area contributed by atoms with Crippen molar-refractivity contribution in [3.63, 3.8) is 0 Å². The number of aromatic carboxylic acids is 1. The Morgan fingerprint density at radius 3 is 2.93 bits per heavy atom. The number of nitrogens with zero attached hydrogens (tertiary/aromatic N) is 4. The molecule has 15 heavy (non-hydrogen) atoms. The molecule has 1 aliphatic rings. The number of carboxylic acids is 1. The van der Waals surface area contributed by atoms with Crippen LogP contribution in [0.3, 0.4) is 0 Å². The number of carboxylic acid groups (broad SMARTS) is 1. The summed E-state index contributed by atoms with van der Waals surface area (Å²) in [7, 11) is 1.87. The lowest BCUT2D eigenvalue weighted by molar-refractivity contribution is 0.0688. The third-order valence-corrected chi connectivity index (χ3v) is 2.73. The van der Waals surface area contributed by atoms with Crippen molar-refractivity contribution in [2.75, 3.05) is 0 Å². The standard InChI is InChI=1S/C9H10N4O2/c1-12-7(5-2-3-5)11-13-6(8(14)15)4-10-9(12)13/h4-5H,2-3H2,1H3,(H,14,15). The Labute approximate surface area is 85.2 Å². The molecule has 0 aliphatic heterocycles. The predicted molar refractivity (Wildman–Crippen MR) is 50.9 cm³/mol. The van der Waals surface area contributed by atoms with E-state index >= 15 is 0 Å². The maximum atomic E-state index is 10.9. The van der Waals surface area contributed by atoms with Crippen LogP contribution >= 0.6 is 0 Å². The van der Waals surface area contributed by atoms with Crippen molar-refractivity contribution in [1.29, 1.82) is 0 Å². The first-order chi connectivity index (χ1) is 7.18. The second-order valence-corrected chi connectivity index (χ2v) is 3.85. The van der Waals surface area contributed by atoms with E-state index < -0.39 is 5.97 Å². The zero-order valence-electron chi connectivity index (χ0n) is 8.21. The molecule has 0 saturated heterocycles. The van der Waals surface area contributed by atoms with Crippen molar-refractivity contribution in [2.45, 2.75) is 18.8 Å². The topological polar surface area (TPSA) is 72.4 Å². The van der Waals surface area contributed by atoms with Gasteiger partial charge in [0.25, 0.3) is 0 Å². The van der Waals surface area contributed by atoms with E-state index in [-0.39, 0.29) is 5.69 Å². The van der Waals surface area contributed by atoms with Crippen molar-refractivity contribution in [2.24, 2.45) is 7.05 Å². The van der Waals surface area contributed by atoms with Gasteiger partial charge >= 0.3 is 5.97 Å². The highest BCUT2D eigenvalue weighted by Gasteiger charge is 2.30. The zero-order chi connectivity index (χ0) is 10.6. The summed E-state index contributed by atoms with van der Waals surface area (Å²) in [6, 6.07) is 0. The number of fused-ring (bicyclic) bond motifs is 1. The molecule has 0 spiro atoms. The first kappa shape index (κ1) is 8.46. The zero-order valence-corrected chi connectivity index (χ0v) is 8.21. The second-order valence-electron chi connectivity index (χ2n) is 3.85. The van der Waals surface area contributed by atoms with E-state index in [0.717, 1.165) is 18.7 Å². The third kappa shape index (κ3) is 1.07. The van der Waals surface area contributed by atoms with Crippen molar-refractivity contribution in [3.05, 3.63) is 17.7 Å². The summed E-state index contributed by atoms with van der Waals surface area (Å²) in [5.74, 6) is 1.01. The quantitative estimate of drug-likeness (QED) is 0.782. The van der Waals surface area contributed by atoms with Gasteiger partial charge in [-0.1, -0.05) is 0 Å². The van der Waals surface area contributed by atoms with E-state index in [4.69, 9.17) is 5.11 Å². The van der Waals surface area contributed by atoms with E-state index in [1.54, 1.807) is 0 Å². The highest BCUT2D eigenvalue weighted by atomic mass is 16.4. The van der Waals surface area contributed by atoms with Crippen LogP contribution in [0, 0.1) is 0 Å². The molecule has 0 unspecified atom stereocenters. The molecule has 0 bridgehead atoms. The number of rotatable bonds is 2. The maximum Gasteiger partial charge on any atom is 0.356 e. The Balaban J connectivity index is 2.26. The van der Waals surface area contributed by atoms with Gasteiger partial charge in [0.2, 0.25) is 5.78 Å². The van der Waals surface area contributed by atoms with Gasteiger partial charge < -0.3 is 5.11 Å². The predicted octanol–water partition coefficient (Wildman–Crippen LogP) is 0.643. The Bertz CT molecular complexity index is 550. The van der Waals surface area contributed by atoms with E-state index in [9.17, 15) is 4.79 Å². The second kappa shape index (κ2) is 2.59. The molecule has 1 fully saturated rings. The SMILES string of the molecule is Cn1c(C2CC2)nn2c(C(=O)O)cnc12. The average molecular weight is 206 g/mol. The summed E-state index contributed by atoms with van der Waals surface area (Å²) in [5.41, 5.74) is 0.118. The molecule has 1 aliphatic carbocycles. The summed E-state index contributed by atoms with van der Waals surface area (Å²) >= 11 is 0. The normalized spacial score (nSPS) is 16.1. The summed E-state index contributed by atoms with van der Waals surface area (Å²) < 4.78 is 3.26. The van der Waals surface area contributed by atoms with E-state index in [1.165, 1.54) is 10.7 Å². The fraction of sp³-hybridized carbons (Fsp3) is 0.444.